The Morgan fingerprint density at radius 2 is 0.857 bits per heavy atom. The molecule has 0 fully saturated rings. The van der Waals surface area contributed by atoms with Crippen molar-refractivity contribution >= 4 is 28.9 Å². The van der Waals surface area contributed by atoms with Crippen molar-refractivity contribution in [1.82, 2.24) is 0 Å². The fourth-order valence-corrected chi connectivity index (χ4v) is 7.44. The lowest BCUT2D eigenvalue weighted by atomic mass is 9.99. The zero-order valence-corrected chi connectivity index (χ0v) is 25.5. The van der Waals surface area contributed by atoms with Crippen LogP contribution in [0.2, 0.25) is 0 Å². The second-order valence-corrected chi connectivity index (χ2v) is 16.4. The molecule has 0 aromatic heterocycles. The summed E-state index contributed by atoms with van der Waals surface area (Å²) < 4.78 is 0. The van der Waals surface area contributed by atoms with Crippen LogP contribution in [0.15, 0.2) is 23.1 Å². The number of hydrogen-bond acceptors (Lipinski definition) is 2. The lowest BCUT2D eigenvalue weighted by molar-refractivity contribution is 0.502. The van der Waals surface area contributed by atoms with E-state index in [4.69, 9.17) is 11.8 Å². The number of hydrogen-bond donors (Lipinski definition) is 2. The van der Waals surface area contributed by atoms with Crippen LogP contribution in [0.1, 0.15) is 153 Å². The Kier molecular flexibility index (Phi) is 21.0. The Balaban J connectivity index is 2.34. The van der Waals surface area contributed by atoms with Gasteiger partial charge in [0.05, 0.1) is 0 Å². The van der Waals surface area contributed by atoms with E-state index in [0.717, 1.165) is 29.1 Å². The third-order valence-electron chi connectivity index (χ3n) is 6.89. The molecule has 2 nitrogen and oxygen atoms in total. The van der Waals surface area contributed by atoms with Gasteiger partial charge in [0, 0.05) is 4.90 Å². The zero-order chi connectivity index (χ0) is 25.6. The standard InChI is InChI=1S/C30H55O2PS2/c1-3-5-7-9-11-13-15-17-19-21-23-28-25-29(27-30(26-28)35-33(31,32)34)24-22-20-18-16-14-12-10-8-6-4-2/h25-27H,3-24H2,1-2H3,(H2,31,32,34). The van der Waals surface area contributed by atoms with Crippen molar-refractivity contribution in [3.05, 3.63) is 29.3 Å². The molecule has 35 heavy (non-hydrogen) atoms. The molecule has 1 rings (SSSR count). The summed E-state index contributed by atoms with van der Waals surface area (Å²) in [5, 5.41) is 0. The molecule has 0 amide bonds. The summed E-state index contributed by atoms with van der Waals surface area (Å²) in [5.41, 5.74) is -0.620. The minimum Gasteiger partial charge on any atom is -0.337 e. The van der Waals surface area contributed by atoms with Gasteiger partial charge in [-0.05, 0) is 72.1 Å². The average Bonchev–Trinajstić information content (AvgIpc) is 2.80. The summed E-state index contributed by atoms with van der Waals surface area (Å²) in [6, 6.07) is 6.62. The fourth-order valence-electron chi connectivity index (χ4n) is 4.84. The Labute approximate surface area is 227 Å². The Morgan fingerprint density at radius 3 is 1.17 bits per heavy atom. The molecular formula is C30H55O2PS2. The summed E-state index contributed by atoms with van der Waals surface area (Å²) in [4.78, 5) is 20.6. The van der Waals surface area contributed by atoms with Gasteiger partial charge in [-0.3, -0.25) is 0 Å². The van der Waals surface area contributed by atoms with Crippen LogP contribution in [0.3, 0.4) is 0 Å². The van der Waals surface area contributed by atoms with E-state index in [1.165, 1.54) is 140 Å². The van der Waals surface area contributed by atoms with Crippen molar-refractivity contribution in [2.75, 3.05) is 0 Å². The first-order valence-electron chi connectivity index (χ1n) is 14.8. The SMILES string of the molecule is CCCCCCCCCCCCc1cc(CCCCCCCCCCCC)cc(SP(O)(O)=S)c1. The van der Waals surface area contributed by atoms with Gasteiger partial charge in [-0.25, -0.2) is 0 Å². The van der Waals surface area contributed by atoms with Gasteiger partial charge in [0.2, 0.25) is 5.69 Å². The summed E-state index contributed by atoms with van der Waals surface area (Å²) in [6.07, 6.45) is 29.2. The van der Waals surface area contributed by atoms with Crippen LogP contribution in [0.5, 0.6) is 0 Å². The van der Waals surface area contributed by atoms with E-state index in [1.54, 1.807) is 0 Å². The van der Waals surface area contributed by atoms with Gasteiger partial charge in [-0.2, -0.15) is 0 Å². The van der Waals surface area contributed by atoms with Gasteiger partial charge in [0.15, 0.2) is 0 Å². The fraction of sp³-hybridized carbons (Fsp3) is 0.800. The topological polar surface area (TPSA) is 40.5 Å². The Bertz CT molecular complexity index is 632. The first-order chi connectivity index (χ1) is 16.9. The molecule has 1 aromatic carbocycles. The van der Waals surface area contributed by atoms with E-state index in [9.17, 15) is 9.79 Å². The van der Waals surface area contributed by atoms with Crippen LogP contribution in [0, 0.1) is 0 Å². The third kappa shape index (κ3) is 20.8. The molecule has 0 spiro atoms. The summed E-state index contributed by atoms with van der Waals surface area (Å²) in [6.45, 7) is 4.55. The van der Waals surface area contributed by atoms with E-state index in [1.807, 2.05) is 0 Å². The Morgan fingerprint density at radius 1 is 0.543 bits per heavy atom. The third-order valence-corrected chi connectivity index (χ3v) is 9.59. The second-order valence-electron chi connectivity index (χ2n) is 10.4. The molecule has 0 unspecified atom stereocenters. The minimum absolute atomic E-state index is 0.935. The van der Waals surface area contributed by atoms with Crippen molar-refractivity contribution in [2.45, 2.75) is 160 Å². The van der Waals surface area contributed by atoms with E-state index in [2.05, 4.69) is 32.0 Å². The largest absolute Gasteiger partial charge is 0.337 e. The van der Waals surface area contributed by atoms with Gasteiger partial charge in [-0.1, -0.05) is 135 Å². The molecule has 0 aliphatic rings. The maximum Gasteiger partial charge on any atom is 0.246 e. The highest BCUT2D eigenvalue weighted by molar-refractivity contribution is 8.67. The van der Waals surface area contributed by atoms with Crippen LogP contribution in [-0.4, -0.2) is 9.79 Å². The monoisotopic (exact) mass is 542 g/mol. The predicted molar refractivity (Wildman–Crippen MR) is 162 cm³/mol. The van der Waals surface area contributed by atoms with Crippen LogP contribution in [0.25, 0.3) is 0 Å². The summed E-state index contributed by atoms with van der Waals surface area (Å²) in [5.74, 6) is 0. The van der Waals surface area contributed by atoms with Crippen LogP contribution in [-0.2, 0) is 24.6 Å². The molecule has 204 valence electrons. The minimum atomic E-state index is -3.29. The van der Waals surface area contributed by atoms with Gasteiger partial charge < -0.3 is 9.79 Å². The first-order valence-corrected chi connectivity index (χ1v) is 19.0. The number of aryl methyl sites for hydroxylation is 2. The van der Waals surface area contributed by atoms with E-state index in [-0.39, 0.29) is 0 Å². The second kappa shape index (κ2) is 22.2. The molecule has 0 heterocycles. The highest BCUT2D eigenvalue weighted by atomic mass is 32.9. The predicted octanol–water partition coefficient (Wildman–Crippen LogP) is 10.9. The highest BCUT2D eigenvalue weighted by Crippen LogP contribution is 2.55. The van der Waals surface area contributed by atoms with Crippen molar-refractivity contribution in [2.24, 2.45) is 0 Å². The molecule has 0 radical (unpaired) electrons. The average molecular weight is 543 g/mol. The maximum absolute atomic E-state index is 9.83. The van der Waals surface area contributed by atoms with Crippen molar-refractivity contribution in [3.8, 4) is 0 Å². The van der Waals surface area contributed by atoms with Crippen molar-refractivity contribution < 1.29 is 9.79 Å². The van der Waals surface area contributed by atoms with Gasteiger partial charge in [0.1, 0.15) is 0 Å². The zero-order valence-electron chi connectivity index (χ0n) is 22.9. The molecule has 5 heteroatoms. The van der Waals surface area contributed by atoms with Gasteiger partial charge >= 0.3 is 0 Å². The van der Waals surface area contributed by atoms with Crippen LogP contribution in [0.4, 0.5) is 0 Å². The van der Waals surface area contributed by atoms with E-state index >= 15 is 0 Å². The molecule has 1 aromatic rings. The van der Waals surface area contributed by atoms with E-state index < -0.39 is 5.69 Å². The summed E-state index contributed by atoms with van der Waals surface area (Å²) >= 11 is 5.98. The smallest absolute Gasteiger partial charge is 0.246 e. The maximum atomic E-state index is 9.83. The number of benzene rings is 1. The molecule has 0 saturated carbocycles. The lowest BCUT2D eigenvalue weighted by Crippen LogP contribution is -1.93. The van der Waals surface area contributed by atoms with Crippen molar-refractivity contribution in [3.63, 3.8) is 0 Å². The molecule has 0 aliphatic carbocycles. The molecule has 0 atom stereocenters. The normalized spacial score (nSPS) is 11.9. The highest BCUT2D eigenvalue weighted by Gasteiger charge is 2.12. The molecule has 2 N–H and O–H groups in total. The quantitative estimate of drug-likeness (QED) is 0.101. The summed E-state index contributed by atoms with van der Waals surface area (Å²) in [7, 11) is 0. The lowest BCUT2D eigenvalue weighted by Gasteiger charge is -2.12. The number of unbranched alkanes of at least 4 members (excludes halogenated alkanes) is 18. The van der Waals surface area contributed by atoms with Crippen LogP contribution < -0.4 is 0 Å². The van der Waals surface area contributed by atoms with E-state index in [0.29, 0.717) is 0 Å². The first kappa shape index (κ1) is 33.2. The molecule has 0 aliphatic heterocycles. The number of rotatable bonds is 24. The van der Waals surface area contributed by atoms with Gasteiger partial charge in [-0.15, -0.1) is 0 Å². The molecule has 0 bridgehead atoms. The van der Waals surface area contributed by atoms with Crippen LogP contribution >= 0.6 is 17.1 Å². The van der Waals surface area contributed by atoms with Crippen molar-refractivity contribution in [1.29, 1.82) is 0 Å². The Hall–Kier alpha value is 0.140. The van der Waals surface area contributed by atoms with Gasteiger partial charge in [0.25, 0.3) is 0 Å². The molecule has 0 saturated heterocycles. The molecular weight excluding hydrogens is 487 g/mol.